The van der Waals surface area contributed by atoms with Gasteiger partial charge in [-0.2, -0.15) is 0 Å². The standard InChI is InChI=1S/C13H18N2O/c1-9-12(13(2,8-14)16-3)10-6-4-5-7-11(10)15-9/h4-7,15H,8,14H2,1-3H3. The van der Waals surface area contributed by atoms with Crippen molar-refractivity contribution in [3.63, 3.8) is 0 Å². The fraction of sp³-hybridized carbons (Fsp3) is 0.385. The van der Waals surface area contributed by atoms with Crippen LogP contribution in [-0.2, 0) is 10.3 Å². The van der Waals surface area contributed by atoms with Gasteiger partial charge in [-0.25, -0.2) is 0 Å². The van der Waals surface area contributed by atoms with Gasteiger partial charge in [0.15, 0.2) is 0 Å². The van der Waals surface area contributed by atoms with Gasteiger partial charge in [0.2, 0.25) is 0 Å². The lowest BCUT2D eigenvalue weighted by Gasteiger charge is -2.27. The van der Waals surface area contributed by atoms with Crippen molar-refractivity contribution in [2.24, 2.45) is 5.73 Å². The van der Waals surface area contributed by atoms with Gasteiger partial charge in [0.05, 0.1) is 0 Å². The smallest absolute Gasteiger partial charge is 0.104 e. The van der Waals surface area contributed by atoms with Gasteiger partial charge in [-0.3, -0.25) is 0 Å². The number of para-hydroxylation sites is 1. The molecule has 1 atom stereocenters. The molecule has 1 heterocycles. The van der Waals surface area contributed by atoms with Crippen molar-refractivity contribution in [3.05, 3.63) is 35.5 Å². The van der Waals surface area contributed by atoms with E-state index in [9.17, 15) is 0 Å². The third-order valence-corrected chi connectivity index (χ3v) is 3.26. The van der Waals surface area contributed by atoms with Crippen LogP contribution in [0.1, 0.15) is 18.2 Å². The van der Waals surface area contributed by atoms with Gasteiger partial charge >= 0.3 is 0 Å². The zero-order valence-corrected chi connectivity index (χ0v) is 10.0. The fourth-order valence-corrected chi connectivity index (χ4v) is 2.25. The highest BCUT2D eigenvalue weighted by Gasteiger charge is 2.29. The SMILES string of the molecule is COC(C)(CN)c1c(C)[nH]c2ccccc12. The van der Waals surface area contributed by atoms with Gasteiger partial charge in [-0.1, -0.05) is 18.2 Å². The number of H-pyrrole nitrogens is 1. The molecule has 0 amide bonds. The van der Waals surface area contributed by atoms with E-state index in [4.69, 9.17) is 10.5 Å². The lowest BCUT2D eigenvalue weighted by Crippen LogP contribution is -2.34. The largest absolute Gasteiger partial charge is 0.372 e. The first kappa shape index (κ1) is 11.2. The summed E-state index contributed by atoms with van der Waals surface area (Å²) in [5.74, 6) is 0. The molecule has 2 aromatic rings. The van der Waals surface area contributed by atoms with E-state index in [0.717, 1.165) is 16.8 Å². The zero-order valence-electron chi connectivity index (χ0n) is 10.0. The maximum absolute atomic E-state index is 5.83. The van der Waals surface area contributed by atoms with E-state index in [1.54, 1.807) is 7.11 Å². The Kier molecular flexibility index (Phi) is 2.74. The predicted molar refractivity (Wildman–Crippen MR) is 66.5 cm³/mol. The second-order valence-electron chi connectivity index (χ2n) is 4.31. The Morgan fingerprint density at radius 1 is 1.38 bits per heavy atom. The van der Waals surface area contributed by atoms with Crippen LogP contribution < -0.4 is 5.73 Å². The molecule has 2 rings (SSSR count). The van der Waals surface area contributed by atoms with Gasteiger partial charge in [0.1, 0.15) is 5.60 Å². The number of ether oxygens (including phenoxy) is 1. The van der Waals surface area contributed by atoms with Gasteiger partial charge in [0.25, 0.3) is 0 Å². The molecule has 0 aliphatic heterocycles. The number of aryl methyl sites for hydroxylation is 1. The first-order valence-corrected chi connectivity index (χ1v) is 5.45. The summed E-state index contributed by atoms with van der Waals surface area (Å²) in [7, 11) is 1.70. The number of benzene rings is 1. The van der Waals surface area contributed by atoms with Gasteiger partial charge in [0, 0.05) is 35.8 Å². The summed E-state index contributed by atoms with van der Waals surface area (Å²) in [5.41, 5.74) is 8.82. The van der Waals surface area contributed by atoms with Crippen LogP contribution in [0.3, 0.4) is 0 Å². The molecule has 0 aliphatic rings. The summed E-state index contributed by atoms with van der Waals surface area (Å²) >= 11 is 0. The number of rotatable bonds is 3. The Balaban J connectivity index is 2.72. The van der Waals surface area contributed by atoms with Crippen LogP contribution in [0.4, 0.5) is 0 Å². The molecule has 0 fully saturated rings. The van der Waals surface area contributed by atoms with E-state index in [-0.39, 0.29) is 0 Å². The molecular weight excluding hydrogens is 200 g/mol. The van der Waals surface area contributed by atoms with Gasteiger partial charge in [-0.05, 0) is 19.9 Å². The molecule has 86 valence electrons. The molecule has 1 aromatic carbocycles. The third kappa shape index (κ3) is 1.52. The van der Waals surface area contributed by atoms with Crippen molar-refractivity contribution in [2.45, 2.75) is 19.4 Å². The van der Waals surface area contributed by atoms with Gasteiger partial charge < -0.3 is 15.5 Å². The van der Waals surface area contributed by atoms with E-state index in [2.05, 4.69) is 24.0 Å². The molecule has 0 saturated carbocycles. The molecule has 0 saturated heterocycles. The summed E-state index contributed by atoms with van der Waals surface area (Å²) in [5, 5.41) is 1.19. The second kappa shape index (κ2) is 3.92. The Morgan fingerprint density at radius 3 is 2.69 bits per heavy atom. The average molecular weight is 218 g/mol. The Hall–Kier alpha value is -1.32. The minimum Gasteiger partial charge on any atom is -0.372 e. The maximum Gasteiger partial charge on any atom is 0.104 e. The number of fused-ring (bicyclic) bond motifs is 1. The lowest BCUT2D eigenvalue weighted by molar-refractivity contribution is 0.0108. The van der Waals surface area contributed by atoms with E-state index in [1.165, 1.54) is 5.39 Å². The number of hydrogen-bond acceptors (Lipinski definition) is 2. The van der Waals surface area contributed by atoms with Crippen LogP contribution in [0.15, 0.2) is 24.3 Å². The highest BCUT2D eigenvalue weighted by Crippen LogP contribution is 2.33. The highest BCUT2D eigenvalue weighted by molar-refractivity contribution is 5.85. The lowest BCUT2D eigenvalue weighted by atomic mass is 9.93. The van der Waals surface area contributed by atoms with Crippen molar-refractivity contribution in [2.75, 3.05) is 13.7 Å². The minimum atomic E-state index is -0.427. The number of nitrogens with two attached hydrogens (primary N) is 1. The Bertz CT molecular complexity index is 498. The van der Waals surface area contributed by atoms with E-state index in [0.29, 0.717) is 6.54 Å². The van der Waals surface area contributed by atoms with Gasteiger partial charge in [-0.15, -0.1) is 0 Å². The number of aromatic amines is 1. The molecule has 0 spiro atoms. The summed E-state index contributed by atoms with van der Waals surface area (Å²) in [6.45, 7) is 4.55. The summed E-state index contributed by atoms with van der Waals surface area (Å²) in [6, 6.07) is 8.22. The number of nitrogens with one attached hydrogen (secondary N) is 1. The van der Waals surface area contributed by atoms with Crippen LogP contribution >= 0.6 is 0 Å². The van der Waals surface area contributed by atoms with Crippen LogP contribution in [0.2, 0.25) is 0 Å². The molecular formula is C13H18N2O. The molecule has 1 aromatic heterocycles. The number of hydrogen-bond donors (Lipinski definition) is 2. The van der Waals surface area contributed by atoms with Crippen LogP contribution in [0.25, 0.3) is 10.9 Å². The first-order valence-electron chi connectivity index (χ1n) is 5.45. The summed E-state index contributed by atoms with van der Waals surface area (Å²) in [6.07, 6.45) is 0. The molecule has 1 unspecified atom stereocenters. The Labute approximate surface area is 95.6 Å². The van der Waals surface area contributed by atoms with E-state index in [1.807, 2.05) is 19.1 Å². The molecule has 3 heteroatoms. The summed E-state index contributed by atoms with van der Waals surface area (Å²) < 4.78 is 5.58. The monoisotopic (exact) mass is 218 g/mol. The molecule has 0 radical (unpaired) electrons. The predicted octanol–water partition coefficient (Wildman–Crippen LogP) is 2.30. The quantitative estimate of drug-likeness (QED) is 0.830. The topological polar surface area (TPSA) is 51.0 Å². The van der Waals surface area contributed by atoms with Crippen molar-refractivity contribution < 1.29 is 4.74 Å². The first-order chi connectivity index (χ1) is 7.62. The fourth-order valence-electron chi connectivity index (χ4n) is 2.25. The van der Waals surface area contributed by atoms with Crippen molar-refractivity contribution in [1.82, 2.24) is 4.98 Å². The molecule has 0 bridgehead atoms. The Morgan fingerprint density at radius 2 is 2.06 bits per heavy atom. The number of methoxy groups -OCH3 is 1. The van der Waals surface area contributed by atoms with Crippen LogP contribution in [0, 0.1) is 6.92 Å². The molecule has 0 aliphatic carbocycles. The third-order valence-electron chi connectivity index (χ3n) is 3.26. The molecule has 16 heavy (non-hydrogen) atoms. The van der Waals surface area contributed by atoms with Crippen LogP contribution in [0.5, 0.6) is 0 Å². The van der Waals surface area contributed by atoms with Crippen LogP contribution in [-0.4, -0.2) is 18.6 Å². The normalized spacial score (nSPS) is 15.2. The number of aromatic nitrogens is 1. The van der Waals surface area contributed by atoms with E-state index < -0.39 is 5.60 Å². The molecule has 3 N–H and O–H groups in total. The van der Waals surface area contributed by atoms with E-state index >= 15 is 0 Å². The highest BCUT2D eigenvalue weighted by atomic mass is 16.5. The zero-order chi connectivity index (χ0) is 11.8. The second-order valence-corrected chi connectivity index (χ2v) is 4.31. The average Bonchev–Trinajstić information content (AvgIpc) is 2.64. The summed E-state index contributed by atoms with van der Waals surface area (Å²) in [4.78, 5) is 3.37. The maximum atomic E-state index is 5.83. The van der Waals surface area contributed by atoms with Crippen molar-refractivity contribution in [1.29, 1.82) is 0 Å². The minimum absolute atomic E-state index is 0.427. The molecule has 3 nitrogen and oxygen atoms in total. The van der Waals surface area contributed by atoms with Crippen molar-refractivity contribution >= 4 is 10.9 Å². The van der Waals surface area contributed by atoms with Crippen molar-refractivity contribution in [3.8, 4) is 0 Å².